The molecule has 18 heavy (non-hydrogen) atoms. The van der Waals surface area contributed by atoms with Gasteiger partial charge in [-0.2, -0.15) is 0 Å². The molecule has 0 saturated heterocycles. The Balaban J connectivity index is 2.35. The maximum Gasteiger partial charge on any atom is 0.277 e. The molecule has 1 amide bonds. The molecule has 2 N–H and O–H groups in total. The lowest BCUT2D eigenvalue weighted by atomic mass is 10.2. The van der Waals surface area contributed by atoms with E-state index in [9.17, 15) is 4.79 Å². The number of aryl methyl sites for hydroxylation is 1. The summed E-state index contributed by atoms with van der Waals surface area (Å²) >= 11 is 1.47. The van der Waals surface area contributed by atoms with E-state index in [0.29, 0.717) is 17.9 Å². The second-order valence-electron chi connectivity index (χ2n) is 3.86. The number of nitrogens with two attached hydrogens (primary N) is 1. The van der Waals surface area contributed by atoms with Crippen molar-refractivity contribution in [1.29, 1.82) is 0 Å². The molecule has 4 nitrogen and oxygen atoms in total. The SMILES string of the molecule is CCN(C(=O)c1csc(C)n1)c1ccccc1N. The average Bonchev–Trinajstić information content (AvgIpc) is 2.79. The average molecular weight is 261 g/mol. The fourth-order valence-corrected chi connectivity index (χ4v) is 2.34. The molecule has 1 heterocycles. The first kappa shape index (κ1) is 12.6. The van der Waals surface area contributed by atoms with Crippen LogP contribution in [-0.2, 0) is 0 Å². The third-order valence-corrected chi connectivity index (χ3v) is 3.40. The fraction of sp³-hybridized carbons (Fsp3) is 0.231. The van der Waals surface area contributed by atoms with Crippen molar-refractivity contribution < 1.29 is 4.79 Å². The zero-order chi connectivity index (χ0) is 13.1. The Labute approximate surface area is 110 Å². The number of nitrogen functional groups attached to an aromatic ring is 1. The highest BCUT2D eigenvalue weighted by Crippen LogP contribution is 2.24. The van der Waals surface area contributed by atoms with Gasteiger partial charge in [0, 0.05) is 11.9 Å². The van der Waals surface area contributed by atoms with E-state index in [1.54, 1.807) is 16.3 Å². The molecular formula is C13H15N3OS. The number of thiazole rings is 1. The number of nitrogens with zero attached hydrogens (tertiary/aromatic N) is 2. The summed E-state index contributed by atoms with van der Waals surface area (Å²) in [4.78, 5) is 18.2. The van der Waals surface area contributed by atoms with Crippen LogP contribution in [-0.4, -0.2) is 17.4 Å². The molecule has 1 aromatic heterocycles. The van der Waals surface area contributed by atoms with E-state index in [4.69, 9.17) is 5.73 Å². The summed E-state index contributed by atoms with van der Waals surface area (Å²) in [6.07, 6.45) is 0. The molecule has 2 aromatic rings. The lowest BCUT2D eigenvalue weighted by Gasteiger charge is -2.21. The predicted octanol–water partition coefficient (Wildman–Crippen LogP) is 2.70. The Kier molecular flexibility index (Phi) is 3.62. The zero-order valence-electron chi connectivity index (χ0n) is 10.4. The van der Waals surface area contributed by atoms with Crippen molar-refractivity contribution in [1.82, 2.24) is 4.98 Å². The van der Waals surface area contributed by atoms with Gasteiger partial charge in [0.05, 0.1) is 16.4 Å². The molecule has 5 heteroatoms. The smallest absolute Gasteiger partial charge is 0.277 e. The summed E-state index contributed by atoms with van der Waals surface area (Å²) in [6.45, 7) is 4.36. The normalized spacial score (nSPS) is 10.3. The second-order valence-corrected chi connectivity index (χ2v) is 4.92. The second kappa shape index (κ2) is 5.18. The van der Waals surface area contributed by atoms with Gasteiger partial charge in [0.2, 0.25) is 0 Å². The number of aromatic nitrogens is 1. The molecule has 0 aliphatic heterocycles. The van der Waals surface area contributed by atoms with Crippen molar-refractivity contribution in [2.45, 2.75) is 13.8 Å². The number of amides is 1. The predicted molar refractivity (Wildman–Crippen MR) is 75.1 cm³/mol. The summed E-state index contributed by atoms with van der Waals surface area (Å²) in [5.74, 6) is -0.111. The first-order valence-electron chi connectivity index (χ1n) is 5.72. The van der Waals surface area contributed by atoms with Gasteiger partial charge in [-0.15, -0.1) is 11.3 Å². The Morgan fingerprint density at radius 2 is 2.17 bits per heavy atom. The summed E-state index contributed by atoms with van der Waals surface area (Å²) < 4.78 is 0. The molecule has 0 saturated carbocycles. The first-order chi connectivity index (χ1) is 8.63. The molecule has 0 bridgehead atoms. The first-order valence-corrected chi connectivity index (χ1v) is 6.60. The van der Waals surface area contributed by atoms with E-state index in [0.717, 1.165) is 10.7 Å². The topological polar surface area (TPSA) is 59.2 Å². The molecule has 0 aliphatic rings. The van der Waals surface area contributed by atoms with E-state index < -0.39 is 0 Å². The largest absolute Gasteiger partial charge is 0.397 e. The van der Waals surface area contributed by atoms with Crippen LogP contribution in [0.25, 0.3) is 0 Å². The summed E-state index contributed by atoms with van der Waals surface area (Å²) in [6, 6.07) is 7.35. The minimum absolute atomic E-state index is 0.111. The molecule has 1 aromatic carbocycles. The lowest BCUT2D eigenvalue weighted by Crippen LogP contribution is -2.31. The van der Waals surface area contributed by atoms with Crippen LogP contribution in [0.15, 0.2) is 29.6 Å². The highest BCUT2D eigenvalue weighted by atomic mass is 32.1. The van der Waals surface area contributed by atoms with Crippen LogP contribution < -0.4 is 10.6 Å². The summed E-state index contributed by atoms with van der Waals surface area (Å²) in [5, 5.41) is 2.66. The van der Waals surface area contributed by atoms with Gasteiger partial charge < -0.3 is 10.6 Å². The molecule has 0 spiro atoms. The third-order valence-electron chi connectivity index (χ3n) is 2.63. The molecule has 0 radical (unpaired) electrons. The molecule has 0 aliphatic carbocycles. The number of anilines is 2. The van der Waals surface area contributed by atoms with Crippen LogP contribution in [0.2, 0.25) is 0 Å². The number of hydrogen-bond acceptors (Lipinski definition) is 4. The number of carbonyl (C=O) groups excluding carboxylic acids is 1. The monoisotopic (exact) mass is 261 g/mol. The van der Waals surface area contributed by atoms with Gasteiger partial charge in [-0.3, -0.25) is 4.79 Å². The van der Waals surface area contributed by atoms with Crippen molar-refractivity contribution in [2.24, 2.45) is 0 Å². The fourth-order valence-electron chi connectivity index (χ4n) is 1.76. The van der Waals surface area contributed by atoms with Gasteiger partial charge >= 0.3 is 0 Å². The van der Waals surface area contributed by atoms with E-state index >= 15 is 0 Å². The van der Waals surface area contributed by atoms with Gasteiger partial charge in [-0.25, -0.2) is 4.98 Å². The van der Waals surface area contributed by atoms with Crippen molar-refractivity contribution in [3.05, 3.63) is 40.3 Å². The van der Waals surface area contributed by atoms with Gasteiger partial charge in [0.25, 0.3) is 5.91 Å². The molecule has 2 rings (SSSR count). The van der Waals surface area contributed by atoms with Crippen molar-refractivity contribution in [2.75, 3.05) is 17.2 Å². The minimum Gasteiger partial charge on any atom is -0.397 e. The quantitative estimate of drug-likeness (QED) is 0.864. The summed E-state index contributed by atoms with van der Waals surface area (Å²) in [7, 11) is 0. The van der Waals surface area contributed by atoms with Crippen LogP contribution in [0, 0.1) is 6.92 Å². The van der Waals surface area contributed by atoms with Crippen LogP contribution in [0.5, 0.6) is 0 Å². The third kappa shape index (κ3) is 2.36. The molecule has 94 valence electrons. The number of rotatable bonds is 3. The van der Waals surface area contributed by atoms with E-state index in [-0.39, 0.29) is 5.91 Å². The number of benzene rings is 1. The van der Waals surface area contributed by atoms with E-state index in [2.05, 4.69) is 4.98 Å². The van der Waals surface area contributed by atoms with Gasteiger partial charge in [-0.1, -0.05) is 12.1 Å². The Morgan fingerprint density at radius 1 is 1.44 bits per heavy atom. The van der Waals surface area contributed by atoms with Crippen molar-refractivity contribution in [3.8, 4) is 0 Å². The molecule has 0 atom stereocenters. The van der Waals surface area contributed by atoms with Gasteiger partial charge in [-0.05, 0) is 26.0 Å². The highest BCUT2D eigenvalue weighted by Gasteiger charge is 2.19. The van der Waals surface area contributed by atoms with Crippen LogP contribution in [0.4, 0.5) is 11.4 Å². The standard InChI is InChI=1S/C13H15N3OS/c1-3-16(12-7-5-4-6-10(12)14)13(17)11-8-18-9(2)15-11/h4-8H,3,14H2,1-2H3. The minimum atomic E-state index is -0.111. The Hall–Kier alpha value is -1.88. The number of carbonyl (C=O) groups is 1. The van der Waals surface area contributed by atoms with Crippen molar-refractivity contribution in [3.63, 3.8) is 0 Å². The number of hydrogen-bond donors (Lipinski definition) is 1. The highest BCUT2D eigenvalue weighted by molar-refractivity contribution is 7.09. The molecule has 0 fully saturated rings. The Morgan fingerprint density at radius 3 is 2.72 bits per heavy atom. The lowest BCUT2D eigenvalue weighted by molar-refractivity contribution is 0.0984. The van der Waals surface area contributed by atoms with Crippen LogP contribution in [0.1, 0.15) is 22.4 Å². The zero-order valence-corrected chi connectivity index (χ0v) is 11.2. The van der Waals surface area contributed by atoms with E-state index in [1.807, 2.05) is 32.0 Å². The van der Waals surface area contributed by atoms with Crippen LogP contribution in [0.3, 0.4) is 0 Å². The Bertz CT molecular complexity index is 565. The summed E-state index contributed by atoms with van der Waals surface area (Å²) in [5.41, 5.74) is 7.71. The maximum atomic E-state index is 12.4. The van der Waals surface area contributed by atoms with Crippen LogP contribution >= 0.6 is 11.3 Å². The van der Waals surface area contributed by atoms with Gasteiger partial charge in [0.1, 0.15) is 5.69 Å². The molecule has 0 unspecified atom stereocenters. The maximum absolute atomic E-state index is 12.4. The number of para-hydroxylation sites is 2. The molecular weight excluding hydrogens is 246 g/mol. The van der Waals surface area contributed by atoms with E-state index in [1.165, 1.54) is 11.3 Å². The van der Waals surface area contributed by atoms with Crippen molar-refractivity contribution >= 4 is 28.6 Å². The van der Waals surface area contributed by atoms with Gasteiger partial charge in [0.15, 0.2) is 0 Å².